The molecule has 0 amide bonds. The molecule has 0 saturated carbocycles. The molecule has 1 aliphatic heterocycles. The Hall–Kier alpha value is -1.47. The zero-order valence-corrected chi connectivity index (χ0v) is 18.1. The summed E-state index contributed by atoms with van der Waals surface area (Å²) in [5, 5.41) is 0.546. The fourth-order valence-electron chi connectivity index (χ4n) is 3.60. The molecule has 8 heteroatoms. The van der Waals surface area contributed by atoms with E-state index >= 15 is 0 Å². The first kappa shape index (κ1) is 21.2. The van der Waals surface area contributed by atoms with E-state index in [2.05, 4.69) is 4.90 Å². The molecule has 0 aromatic heterocycles. The Morgan fingerprint density at radius 3 is 2.61 bits per heavy atom. The van der Waals surface area contributed by atoms with Crippen LogP contribution >= 0.6 is 23.2 Å². The van der Waals surface area contributed by atoms with Gasteiger partial charge in [0.2, 0.25) is 0 Å². The van der Waals surface area contributed by atoms with Crippen LogP contribution in [0.5, 0.6) is 11.5 Å². The maximum Gasteiger partial charge on any atom is 0.181 e. The van der Waals surface area contributed by atoms with Gasteiger partial charge in [0.15, 0.2) is 9.84 Å². The number of likely N-dealkylation sites (tertiary alicyclic amines) is 1. The number of sulfone groups is 1. The summed E-state index contributed by atoms with van der Waals surface area (Å²) >= 11 is 12.0. The molecule has 0 radical (unpaired) electrons. The molecule has 1 atom stereocenters. The maximum absolute atomic E-state index is 12.8. The van der Waals surface area contributed by atoms with Crippen molar-refractivity contribution in [2.75, 3.05) is 33.1 Å². The van der Waals surface area contributed by atoms with Gasteiger partial charge in [0.25, 0.3) is 0 Å². The third-order valence-corrected chi connectivity index (χ3v) is 7.44. The van der Waals surface area contributed by atoms with Crippen LogP contribution in [0.15, 0.2) is 41.3 Å². The van der Waals surface area contributed by atoms with Crippen molar-refractivity contribution in [3.63, 3.8) is 0 Å². The highest BCUT2D eigenvalue weighted by Gasteiger charge is 2.30. The summed E-state index contributed by atoms with van der Waals surface area (Å²) in [5.74, 6) is 1.45. The van der Waals surface area contributed by atoms with Gasteiger partial charge in [0, 0.05) is 29.2 Å². The van der Waals surface area contributed by atoms with Crippen LogP contribution in [0.4, 0.5) is 0 Å². The van der Waals surface area contributed by atoms with Gasteiger partial charge in [0.1, 0.15) is 11.5 Å². The fraction of sp³-hybridized carbons (Fsp3) is 0.400. The number of nitrogens with zero attached hydrogens (tertiary/aromatic N) is 1. The van der Waals surface area contributed by atoms with Gasteiger partial charge in [-0.15, -0.1) is 0 Å². The summed E-state index contributed by atoms with van der Waals surface area (Å²) in [5.41, 5.74) is 1.04. The average Bonchev–Trinajstić information content (AvgIpc) is 3.16. The molecule has 1 fully saturated rings. The van der Waals surface area contributed by atoms with Gasteiger partial charge in [0.05, 0.1) is 29.9 Å². The van der Waals surface area contributed by atoms with E-state index in [-0.39, 0.29) is 21.7 Å². The molecule has 5 nitrogen and oxygen atoms in total. The lowest BCUT2D eigenvalue weighted by atomic mass is 10.0. The smallest absolute Gasteiger partial charge is 0.181 e. The van der Waals surface area contributed by atoms with Gasteiger partial charge < -0.3 is 9.47 Å². The molecule has 152 valence electrons. The summed E-state index contributed by atoms with van der Waals surface area (Å²) < 4.78 is 36.4. The molecule has 3 rings (SSSR count). The molecule has 2 aromatic carbocycles. The molecule has 2 aromatic rings. The minimum atomic E-state index is -3.54. The third-order valence-electron chi connectivity index (χ3n) is 5.04. The van der Waals surface area contributed by atoms with Crippen LogP contribution in [-0.4, -0.2) is 46.4 Å². The Morgan fingerprint density at radius 1 is 1.11 bits per heavy atom. The summed E-state index contributed by atoms with van der Waals surface area (Å²) in [6, 6.07) is 10.3. The lowest BCUT2D eigenvalue weighted by Crippen LogP contribution is -2.29. The molecule has 28 heavy (non-hydrogen) atoms. The standard InChI is InChI=1S/C20H23Cl2NO4S/c1-26-15-6-7-16(19(13-15)27-2)18-4-3-9-23(18)10-11-28(24,25)20-12-14(21)5-8-17(20)22/h5-8,12-13,18H,3-4,9-11H2,1-2H3. The molecule has 1 aliphatic rings. The van der Waals surface area contributed by atoms with Crippen molar-refractivity contribution < 1.29 is 17.9 Å². The van der Waals surface area contributed by atoms with Crippen molar-refractivity contribution in [2.45, 2.75) is 23.8 Å². The van der Waals surface area contributed by atoms with Crippen LogP contribution in [0.25, 0.3) is 0 Å². The number of rotatable bonds is 7. The van der Waals surface area contributed by atoms with E-state index in [9.17, 15) is 8.42 Å². The number of halogens is 2. The normalized spacial score (nSPS) is 17.6. The van der Waals surface area contributed by atoms with Crippen LogP contribution in [-0.2, 0) is 9.84 Å². The second kappa shape index (κ2) is 8.91. The van der Waals surface area contributed by atoms with Crippen molar-refractivity contribution in [2.24, 2.45) is 0 Å². The lowest BCUT2D eigenvalue weighted by molar-refractivity contribution is 0.265. The van der Waals surface area contributed by atoms with Crippen molar-refractivity contribution in [3.8, 4) is 11.5 Å². The van der Waals surface area contributed by atoms with Crippen LogP contribution in [0.1, 0.15) is 24.4 Å². The van der Waals surface area contributed by atoms with Gasteiger partial charge in [-0.05, 0) is 43.7 Å². The Bertz CT molecular complexity index is 949. The largest absolute Gasteiger partial charge is 0.497 e. The molecule has 0 bridgehead atoms. The third kappa shape index (κ3) is 4.57. The molecule has 1 heterocycles. The van der Waals surface area contributed by atoms with Crippen LogP contribution in [0.3, 0.4) is 0 Å². The molecule has 0 aliphatic carbocycles. The van der Waals surface area contributed by atoms with Crippen molar-refractivity contribution in [1.29, 1.82) is 0 Å². The van der Waals surface area contributed by atoms with Gasteiger partial charge in [-0.3, -0.25) is 4.90 Å². The topological polar surface area (TPSA) is 55.8 Å². The highest BCUT2D eigenvalue weighted by molar-refractivity contribution is 7.91. The minimum Gasteiger partial charge on any atom is -0.497 e. The number of hydrogen-bond acceptors (Lipinski definition) is 5. The number of methoxy groups -OCH3 is 2. The van der Waals surface area contributed by atoms with E-state index in [0.29, 0.717) is 11.6 Å². The second-order valence-corrected chi connectivity index (χ2v) is 9.62. The highest BCUT2D eigenvalue weighted by atomic mass is 35.5. The van der Waals surface area contributed by atoms with E-state index in [4.69, 9.17) is 32.7 Å². The van der Waals surface area contributed by atoms with E-state index in [1.807, 2.05) is 18.2 Å². The Labute approximate surface area is 176 Å². The van der Waals surface area contributed by atoms with Gasteiger partial charge in [-0.2, -0.15) is 0 Å². The zero-order valence-electron chi connectivity index (χ0n) is 15.8. The van der Waals surface area contributed by atoms with Crippen LogP contribution < -0.4 is 9.47 Å². The average molecular weight is 444 g/mol. The Kier molecular flexibility index (Phi) is 6.76. The van der Waals surface area contributed by atoms with Crippen molar-refractivity contribution in [1.82, 2.24) is 4.90 Å². The monoisotopic (exact) mass is 443 g/mol. The van der Waals surface area contributed by atoms with Crippen molar-refractivity contribution >= 4 is 33.0 Å². The maximum atomic E-state index is 12.8. The SMILES string of the molecule is COc1ccc(C2CCCN2CCS(=O)(=O)c2cc(Cl)ccc2Cl)c(OC)c1. The molecule has 1 unspecified atom stereocenters. The van der Waals surface area contributed by atoms with Gasteiger partial charge in [-0.1, -0.05) is 29.3 Å². The zero-order chi connectivity index (χ0) is 20.3. The van der Waals surface area contributed by atoms with Gasteiger partial charge in [-0.25, -0.2) is 8.42 Å². The van der Waals surface area contributed by atoms with E-state index < -0.39 is 9.84 Å². The van der Waals surface area contributed by atoms with E-state index in [1.165, 1.54) is 12.1 Å². The van der Waals surface area contributed by atoms with Crippen molar-refractivity contribution in [3.05, 3.63) is 52.0 Å². The quantitative estimate of drug-likeness (QED) is 0.624. The van der Waals surface area contributed by atoms with Gasteiger partial charge >= 0.3 is 0 Å². The summed E-state index contributed by atoms with van der Waals surface area (Å²) in [7, 11) is -0.301. The van der Waals surface area contributed by atoms with E-state index in [1.54, 1.807) is 20.3 Å². The van der Waals surface area contributed by atoms with E-state index in [0.717, 1.165) is 36.4 Å². The summed E-state index contributed by atoms with van der Waals surface area (Å²) in [6.45, 7) is 1.24. The number of hydrogen-bond donors (Lipinski definition) is 0. The first-order valence-corrected chi connectivity index (χ1v) is 11.4. The number of benzene rings is 2. The molecule has 0 N–H and O–H groups in total. The highest BCUT2D eigenvalue weighted by Crippen LogP contribution is 2.38. The second-order valence-electron chi connectivity index (χ2n) is 6.70. The fourth-order valence-corrected chi connectivity index (χ4v) is 5.68. The van der Waals surface area contributed by atoms with Crippen LogP contribution in [0, 0.1) is 0 Å². The molecule has 1 saturated heterocycles. The Morgan fingerprint density at radius 2 is 1.89 bits per heavy atom. The Balaban J connectivity index is 1.78. The first-order valence-electron chi connectivity index (χ1n) is 8.99. The number of ether oxygens (including phenoxy) is 2. The minimum absolute atomic E-state index is 0.0258. The summed E-state index contributed by atoms with van der Waals surface area (Å²) in [4.78, 5) is 2.26. The lowest BCUT2D eigenvalue weighted by Gasteiger charge is -2.26. The summed E-state index contributed by atoms with van der Waals surface area (Å²) in [6.07, 6.45) is 1.94. The molecular formula is C20H23Cl2NO4S. The first-order chi connectivity index (χ1) is 13.4. The predicted molar refractivity (Wildman–Crippen MR) is 112 cm³/mol. The molecular weight excluding hydrogens is 421 g/mol. The molecule has 0 spiro atoms. The van der Waals surface area contributed by atoms with Crippen LogP contribution in [0.2, 0.25) is 10.0 Å². The predicted octanol–water partition coefficient (Wildman–Crippen LogP) is 4.62.